The van der Waals surface area contributed by atoms with Gasteiger partial charge in [-0.2, -0.15) is 0 Å². The minimum absolute atomic E-state index is 0.217. The van der Waals surface area contributed by atoms with E-state index in [0.717, 1.165) is 19.4 Å². The van der Waals surface area contributed by atoms with Crippen molar-refractivity contribution in [1.29, 1.82) is 0 Å². The Labute approximate surface area is 95.5 Å². The zero-order chi connectivity index (χ0) is 11.4. The molecule has 0 aliphatic carbocycles. The molecule has 16 heavy (non-hydrogen) atoms. The molecule has 1 saturated heterocycles. The second kappa shape index (κ2) is 5.41. The van der Waals surface area contributed by atoms with Crippen molar-refractivity contribution in [1.82, 2.24) is 15.1 Å². The van der Waals surface area contributed by atoms with Gasteiger partial charge in [0, 0.05) is 12.5 Å². The van der Waals surface area contributed by atoms with E-state index in [0.29, 0.717) is 18.3 Å². The third-order valence-electron chi connectivity index (χ3n) is 3.11. The van der Waals surface area contributed by atoms with E-state index in [2.05, 4.69) is 15.1 Å². The molecule has 1 atom stereocenters. The molecule has 2 heterocycles. The molecule has 1 aliphatic heterocycles. The van der Waals surface area contributed by atoms with E-state index in [4.69, 9.17) is 4.42 Å². The van der Waals surface area contributed by atoms with E-state index in [-0.39, 0.29) is 12.6 Å². The molecule has 5 nitrogen and oxygen atoms in total. The molecule has 1 aliphatic rings. The zero-order valence-corrected chi connectivity index (χ0v) is 9.72. The SMILES string of the molecule is CCc1nnc(CN2CCCCC2CO)o1. The molecular formula is C11H19N3O2. The summed E-state index contributed by atoms with van der Waals surface area (Å²) in [5.41, 5.74) is 0. The van der Waals surface area contributed by atoms with E-state index in [1.54, 1.807) is 0 Å². The van der Waals surface area contributed by atoms with Crippen molar-refractivity contribution < 1.29 is 9.52 Å². The molecule has 0 saturated carbocycles. The van der Waals surface area contributed by atoms with Crippen molar-refractivity contribution >= 4 is 0 Å². The number of likely N-dealkylation sites (tertiary alicyclic amines) is 1. The molecule has 0 spiro atoms. The average Bonchev–Trinajstić information content (AvgIpc) is 2.77. The van der Waals surface area contributed by atoms with Crippen LogP contribution in [-0.4, -0.2) is 39.4 Å². The van der Waals surface area contributed by atoms with Crippen LogP contribution in [0.3, 0.4) is 0 Å². The Bertz CT molecular complexity index is 327. The van der Waals surface area contributed by atoms with Gasteiger partial charge in [0.05, 0.1) is 13.2 Å². The predicted octanol–water partition coefficient (Wildman–Crippen LogP) is 0.979. The largest absolute Gasteiger partial charge is 0.424 e. The Kier molecular flexibility index (Phi) is 3.90. The summed E-state index contributed by atoms with van der Waals surface area (Å²) < 4.78 is 5.48. The van der Waals surface area contributed by atoms with E-state index < -0.39 is 0 Å². The monoisotopic (exact) mass is 225 g/mol. The lowest BCUT2D eigenvalue weighted by atomic mass is 10.0. The number of hydrogen-bond donors (Lipinski definition) is 1. The summed E-state index contributed by atoms with van der Waals surface area (Å²) >= 11 is 0. The highest BCUT2D eigenvalue weighted by atomic mass is 16.4. The molecule has 0 bridgehead atoms. The van der Waals surface area contributed by atoms with Crippen LogP contribution in [0.25, 0.3) is 0 Å². The first-order valence-electron chi connectivity index (χ1n) is 5.99. The highest BCUT2D eigenvalue weighted by molar-refractivity contribution is 4.85. The summed E-state index contributed by atoms with van der Waals surface area (Å²) in [5, 5.41) is 17.2. The molecule has 1 aromatic rings. The number of aromatic nitrogens is 2. The number of rotatable bonds is 4. The first kappa shape index (κ1) is 11.5. The lowest BCUT2D eigenvalue weighted by Gasteiger charge is -2.33. The van der Waals surface area contributed by atoms with E-state index in [1.807, 2.05) is 6.92 Å². The number of hydrogen-bond acceptors (Lipinski definition) is 5. The van der Waals surface area contributed by atoms with Gasteiger partial charge in [0.15, 0.2) is 0 Å². The van der Waals surface area contributed by atoms with Gasteiger partial charge in [-0.3, -0.25) is 4.90 Å². The van der Waals surface area contributed by atoms with Gasteiger partial charge in [-0.1, -0.05) is 13.3 Å². The topological polar surface area (TPSA) is 62.4 Å². The highest BCUT2D eigenvalue weighted by Crippen LogP contribution is 2.18. The summed E-state index contributed by atoms with van der Waals surface area (Å²) in [4.78, 5) is 2.23. The van der Waals surface area contributed by atoms with E-state index in [9.17, 15) is 5.11 Å². The third kappa shape index (κ3) is 2.59. The fourth-order valence-corrected chi connectivity index (χ4v) is 2.14. The van der Waals surface area contributed by atoms with Crippen molar-refractivity contribution in [3.05, 3.63) is 11.8 Å². The van der Waals surface area contributed by atoms with E-state index in [1.165, 1.54) is 12.8 Å². The van der Waals surface area contributed by atoms with Crippen molar-refractivity contribution in [3.63, 3.8) is 0 Å². The lowest BCUT2D eigenvalue weighted by Crippen LogP contribution is -2.41. The second-order valence-corrected chi connectivity index (χ2v) is 4.25. The molecule has 0 aromatic carbocycles. The van der Waals surface area contributed by atoms with Crippen molar-refractivity contribution in [2.24, 2.45) is 0 Å². The molecule has 2 rings (SSSR count). The smallest absolute Gasteiger partial charge is 0.230 e. The Balaban J connectivity index is 1.96. The van der Waals surface area contributed by atoms with Gasteiger partial charge in [-0.25, -0.2) is 0 Å². The second-order valence-electron chi connectivity index (χ2n) is 4.25. The summed E-state index contributed by atoms with van der Waals surface area (Å²) in [5.74, 6) is 1.35. The standard InChI is InChI=1S/C11H19N3O2/c1-2-10-12-13-11(16-10)7-14-6-4-3-5-9(14)8-15/h9,15H,2-8H2,1H3. The third-order valence-corrected chi connectivity index (χ3v) is 3.11. The van der Waals surface area contributed by atoms with Gasteiger partial charge in [0.1, 0.15) is 0 Å². The Morgan fingerprint density at radius 1 is 1.38 bits per heavy atom. The summed E-state index contributed by atoms with van der Waals surface area (Å²) in [6.07, 6.45) is 4.22. The minimum atomic E-state index is 0.217. The maximum Gasteiger partial charge on any atom is 0.230 e. The van der Waals surface area contributed by atoms with Gasteiger partial charge in [0.2, 0.25) is 11.8 Å². The predicted molar refractivity (Wildman–Crippen MR) is 58.8 cm³/mol. The maximum atomic E-state index is 9.28. The Hall–Kier alpha value is -0.940. The van der Waals surface area contributed by atoms with Crippen LogP contribution in [0, 0.1) is 0 Å². The van der Waals surface area contributed by atoms with Gasteiger partial charge in [-0.15, -0.1) is 10.2 Å². The molecule has 1 aromatic heterocycles. The maximum absolute atomic E-state index is 9.28. The molecule has 0 amide bonds. The van der Waals surface area contributed by atoms with Crippen LogP contribution in [0.2, 0.25) is 0 Å². The molecule has 1 N–H and O–H groups in total. The Morgan fingerprint density at radius 2 is 2.19 bits per heavy atom. The van der Waals surface area contributed by atoms with Crippen LogP contribution in [0.4, 0.5) is 0 Å². The molecule has 0 radical (unpaired) electrons. The Morgan fingerprint density at radius 3 is 2.88 bits per heavy atom. The van der Waals surface area contributed by atoms with Crippen molar-refractivity contribution in [2.45, 2.75) is 45.2 Å². The summed E-state index contributed by atoms with van der Waals surface area (Å²) in [7, 11) is 0. The zero-order valence-electron chi connectivity index (χ0n) is 9.72. The summed E-state index contributed by atoms with van der Waals surface area (Å²) in [6, 6.07) is 0.255. The number of aliphatic hydroxyl groups is 1. The van der Waals surface area contributed by atoms with Crippen molar-refractivity contribution in [3.8, 4) is 0 Å². The fourth-order valence-electron chi connectivity index (χ4n) is 2.14. The highest BCUT2D eigenvalue weighted by Gasteiger charge is 2.23. The van der Waals surface area contributed by atoms with Crippen LogP contribution in [0.15, 0.2) is 4.42 Å². The van der Waals surface area contributed by atoms with Gasteiger partial charge in [0.25, 0.3) is 0 Å². The lowest BCUT2D eigenvalue weighted by molar-refractivity contribution is 0.0764. The number of aryl methyl sites for hydroxylation is 1. The number of piperidine rings is 1. The molecule has 1 unspecified atom stereocenters. The molecule has 1 fully saturated rings. The van der Waals surface area contributed by atoms with Gasteiger partial charge < -0.3 is 9.52 Å². The van der Waals surface area contributed by atoms with Crippen LogP contribution < -0.4 is 0 Å². The first-order valence-corrected chi connectivity index (χ1v) is 5.99. The van der Waals surface area contributed by atoms with Crippen LogP contribution in [0.5, 0.6) is 0 Å². The molecule has 5 heteroatoms. The molecular weight excluding hydrogens is 206 g/mol. The normalized spacial score (nSPS) is 22.5. The number of nitrogens with zero attached hydrogens (tertiary/aromatic N) is 3. The van der Waals surface area contributed by atoms with Gasteiger partial charge >= 0.3 is 0 Å². The van der Waals surface area contributed by atoms with Gasteiger partial charge in [-0.05, 0) is 19.4 Å². The quantitative estimate of drug-likeness (QED) is 0.827. The van der Waals surface area contributed by atoms with Crippen LogP contribution in [-0.2, 0) is 13.0 Å². The summed E-state index contributed by atoms with van der Waals surface area (Å²) in [6.45, 7) is 3.89. The van der Waals surface area contributed by atoms with E-state index >= 15 is 0 Å². The fraction of sp³-hybridized carbons (Fsp3) is 0.818. The average molecular weight is 225 g/mol. The number of aliphatic hydroxyl groups excluding tert-OH is 1. The van der Waals surface area contributed by atoms with Crippen molar-refractivity contribution in [2.75, 3.05) is 13.2 Å². The molecule has 90 valence electrons. The minimum Gasteiger partial charge on any atom is -0.424 e. The first-order chi connectivity index (χ1) is 7.83. The van der Waals surface area contributed by atoms with Crippen LogP contribution in [0.1, 0.15) is 38.0 Å². The van der Waals surface area contributed by atoms with Crippen LogP contribution >= 0.6 is 0 Å².